The molecule has 1 amide bonds. The molecule has 2 heterocycles. The van der Waals surface area contributed by atoms with Gasteiger partial charge in [0, 0.05) is 19.8 Å². The summed E-state index contributed by atoms with van der Waals surface area (Å²) in [6.07, 6.45) is 3.44. The Hall–Kier alpha value is -1.36. The van der Waals surface area contributed by atoms with Crippen LogP contribution in [-0.2, 0) is 4.79 Å². The van der Waals surface area contributed by atoms with E-state index in [9.17, 15) is 4.79 Å². The molecule has 0 aromatic carbocycles. The first kappa shape index (κ1) is 11.1. The molecule has 0 radical (unpaired) electrons. The molecule has 1 unspecified atom stereocenters. The molecule has 1 aliphatic rings. The number of nitrogens with one attached hydrogen (secondary N) is 1. The molecule has 1 aromatic heterocycles. The molecule has 1 atom stereocenters. The Kier molecular flexibility index (Phi) is 3.24. The molecule has 5 nitrogen and oxygen atoms in total. The van der Waals surface area contributed by atoms with Crippen molar-refractivity contribution in [1.82, 2.24) is 15.3 Å². The fourth-order valence-electron chi connectivity index (χ4n) is 1.97. The van der Waals surface area contributed by atoms with Crippen LogP contribution in [0.25, 0.3) is 0 Å². The number of likely N-dealkylation sites (N-methyl/N-ethyl adjacent to an activating group) is 1. The van der Waals surface area contributed by atoms with Crippen molar-refractivity contribution in [2.24, 2.45) is 0 Å². The number of anilines is 1. The molecule has 1 aliphatic heterocycles. The molecule has 2 rings (SSSR count). The van der Waals surface area contributed by atoms with E-state index >= 15 is 0 Å². The van der Waals surface area contributed by atoms with Crippen LogP contribution in [0, 0.1) is 0 Å². The number of hydrogen-bond acceptors (Lipinski definition) is 4. The highest BCUT2D eigenvalue weighted by molar-refractivity contribution is 6.28. The van der Waals surface area contributed by atoms with Crippen LogP contribution < -0.4 is 10.2 Å². The van der Waals surface area contributed by atoms with Crippen LogP contribution >= 0.6 is 11.6 Å². The summed E-state index contributed by atoms with van der Waals surface area (Å²) in [5.74, 6) is 0.735. The Labute approximate surface area is 98.8 Å². The van der Waals surface area contributed by atoms with E-state index in [2.05, 4.69) is 15.3 Å². The highest BCUT2D eigenvalue weighted by Gasteiger charge is 2.30. The SMILES string of the molecule is CNC(=O)C1CCCN1c1ccnc(Cl)n1. The van der Waals surface area contributed by atoms with E-state index in [1.54, 1.807) is 19.3 Å². The number of carbonyl (C=O) groups is 1. The Bertz CT molecular complexity index is 398. The highest BCUT2D eigenvalue weighted by atomic mass is 35.5. The monoisotopic (exact) mass is 240 g/mol. The van der Waals surface area contributed by atoms with E-state index < -0.39 is 0 Å². The van der Waals surface area contributed by atoms with Gasteiger partial charge in [-0.1, -0.05) is 0 Å². The number of hydrogen-bond donors (Lipinski definition) is 1. The summed E-state index contributed by atoms with van der Waals surface area (Å²) in [6, 6.07) is 1.63. The van der Waals surface area contributed by atoms with E-state index in [0.29, 0.717) is 5.82 Å². The van der Waals surface area contributed by atoms with Crippen molar-refractivity contribution in [3.05, 3.63) is 17.5 Å². The lowest BCUT2D eigenvalue weighted by molar-refractivity contribution is -0.121. The molecule has 0 bridgehead atoms. The number of rotatable bonds is 2. The minimum atomic E-state index is -0.143. The normalized spacial score (nSPS) is 19.9. The average Bonchev–Trinajstić information content (AvgIpc) is 2.77. The average molecular weight is 241 g/mol. The van der Waals surface area contributed by atoms with Gasteiger partial charge < -0.3 is 10.2 Å². The molecular weight excluding hydrogens is 228 g/mol. The van der Waals surface area contributed by atoms with Crippen molar-refractivity contribution in [1.29, 1.82) is 0 Å². The summed E-state index contributed by atoms with van der Waals surface area (Å²) >= 11 is 5.73. The van der Waals surface area contributed by atoms with Gasteiger partial charge in [-0.2, -0.15) is 0 Å². The summed E-state index contributed by atoms with van der Waals surface area (Å²) in [6.45, 7) is 0.825. The summed E-state index contributed by atoms with van der Waals surface area (Å²) in [4.78, 5) is 21.6. The van der Waals surface area contributed by atoms with E-state index in [-0.39, 0.29) is 17.2 Å². The number of nitrogens with zero attached hydrogens (tertiary/aromatic N) is 3. The van der Waals surface area contributed by atoms with Crippen molar-refractivity contribution < 1.29 is 4.79 Å². The molecule has 0 aliphatic carbocycles. The van der Waals surface area contributed by atoms with Crippen LogP contribution in [0.3, 0.4) is 0 Å². The van der Waals surface area contributed by atoms with Gasteiger partial charge in [0.2, 0.25) is 11.2 Å². The maximum absolute atomic E-state index is 11.7. The number of carbonyl (C=O) groups excluding carboxylic acids is 1. The second kappa shape index (κ2) is 4.65. The largest absolute Gasteiger partial charge is 0.357 e. The third kappa shape index (κ3) is 2.09. The zero-order valence-corrected chi connectivity index (χ0v) is 9.74. The molecule has 1 saturated heterocycles. The number of amides is 1. The molecule has 1 aromatic rings. The molecule has 0 spiro atoms. The van der Waals surface area contributed by atoms with Crippen LogP contribution in [0.2, 0.25) is 5.28 Å². The standard InChI is InChI=1S/C10H13ClN4O/c1-12-9(16)7-3-2-6-15(7)8-4-5-13-10(11)14-8/h4-5,7H,2-3,6H2,1H3,(H,12,16). The first-order chi connectivity index (χ1) is 7.72. The van der Waals surface area contributed by atoms with Gasteiger partial charge in [-0.05, 0) is 30.5 Å². The first-order valence-electron chi connectivity index (χ1n) is 5.19. The minimum absolute atomic E-state index is 0.0206. The topological polar surface area (TPSA) is 58.1 Å². The number of aromatic nitrogens is 2. The molecule has 6 heteroatoms. The third-order valence-corrected chi connectivity index (χ3v) is 2.89. The van der Waals surface area contributed by atoms with Gasteiger partial charge in [-0.15, -0.1) is 0 Å². The Morgan fingerprint density at radius 1 is 1.69 bits per heavy atom. The molecule has 1 N–H and O–H groups in total. The zero-order valence-electron chi connectivity index (χ0n) is 8.98. The molecule has 0 saturated carbocycles. The summed E-state index contributed by atoms with van der Waals surface area (Å²) in [5, 5.41) is 2.87. The first-order valence-corrected chi connectivity index (χ1v) is 5.57. The van der Waals surface area contributed by atoms with Gasteiger partial charge in [0.25, 0.3) is 0 Å². The molecule has 86 valence electrons. The smallest absolute Gasteiger partial charge is 0.242 e. The predicted octanol–water partition coefficient (Wildman–Crippen LogP) is 0.845. The fourth-order valence-corrected chi connectivity index (χ4v) is 2.11. The highest BCUT2D eigenvalue weighted by Crippen LogP contribution is 2.24. The van der Waals surface area contributed by atoms with Gasteiger partial charge in [0.15, 0.2) is 0 Å². The van der Waals surface area contributed by atoms with E-state index in [4.69, 9.17) is 11.6 Å². The van der Waals surface area contributed by atoms with Gasteiger partial charge >= 0.3 is 0 Å². The summed E-state index contributed by atoms with van der Waals surface area (Å²) in [5.41, 5.74) is 0. The van der Waals surface area contributed by atoms with E-state index in [1.165, 1.54) is 0 Å². The van der Waals surface area contributed by atoms with Crippen molar-refractivity contribution in [3.63, 3.8) is 0 Å². The minimum Gasteiger partial charge on any atom is -0.357 e. The number of halogens is 1. The lowest BCUT2D eigenvalue weighted by atomic mass is 10.2. The van der Waals surface area contributed by atoms with Crippen LogP contribution in [0.4, 0.5) is 5.82 Å². The maximum Gasteiger partial charge on any atom is 0.242 e. The van der Waals surface area contributed by atoms with Crippen LogP contribution in [0.5, 0.6) is 0 Å². The quantitative estimate of drug-likeness (QED) is 0.779. The van der Waals surface area contributed by atoms with Crippen molar-refractivity contribution in [3.8, 4) is 0 Å². The Morgan fingerprint density at radius 3 is 3.19 bits per heavy atom. The van der Waals surface area contributed by atoms with Gasteiger partial charge in [0.1, 0.15) is 11.9 Å². The molecular formula is C10H13ClN4O. The molecule has 1 fully saturated rings. The van der Waals surface area contributed by atoms with Crippen LogP contribution in [-0.4, -0.2) is 35.5 Å². The van der Waals surface area contributed by atoms with Crippen LogP contribution in [0.1, 0.15) is 12.8 Å². The Morgan fingerprint density at radius 2 is 2.50 bits per heavy atom. The summed E-state index contributed by atoms with van der Waals surface area (Å²) in [7, 11) is 1.64. The second-order valence-corrected chi connectivity index (χ2v) is 3.99. The third-order valence-electron chi connectivity index (χ3n) is 2.71. The zero-order chi connectivity index (χ0) is 11.5. The van der Waals surface area contributed by atoms with Gasteiger partial charge in [-0.3, -0.25) is 4.79 Å². The lowest BCUT2D eigenvalue weighted by Crippen LogP contribution is -2.42. The van der Waals surface area contributed by atoms with E-state index in [0.717, 1.165) is 19.4 Å². The van der Waals surface area contributed by atoms with Gasteiger partial charge in [-0.25, -0.2) is 9.97 Å². The van der Waals surface area contributed by atoms with E-state index in [1.807, 2.05) is 4.90 Å². The van der Waals surface area contributed by atoms with Crippen molar-refractivity contribution in [2.45, 2.75) is 18.9 Å². The van der Waals surface area contributed by atoms with Crippen LogP contribution in [0.15, 0.2) is 12.3 Å². The summed E-state index contributed by atoms with van der Waals surface area (Å²) < 4.78 is 0. The van der Waals surface area contributed by atoms with Gasteiger partial charge in [0.05, 0.1) is 0 Å². The Balaban J connectivity index is 2.23. The molecule has 16 heavy (non-hydrogen) atoms. The lowest BCUT2D eigenvalue weighted by Gasteiger charge is -2.24. The van der Waals surface area contributed by atoms with Crippen molar-refractivity contribution in [2.75, 3.05) is 18.5 Å². The predicted molar refractivity (Wildman–Crippen MR) is 61.5 cm³/mol. The fraction of sp³-hybridized carbons (Fsp3) is 0.500. The maximum atomic E-state index is 11.7. The van der Waals surface area contributed by atoms with Crippen molar-refractivity contribution >= 4 is 23.3 Å². The second-order valence-electron chi connectivity index (χ2n) is 3.65.